The lowest BCUT2D eigenvalue weighted by atomic mass is 9.89. The summed E-state index contributed by atoms with van der Waals surface area (Å²) in [7, 11) is 0. The SMILES string of the molecule is CCCCCCCC(CCCCC)CCCCCCCCCCCCC(C)CC(C)C. The Balaban J connectivity index is 3.53. The van der Waals surface area contributed by atoms with Crippen molar-refractivity contribution in [2.24, 2.45) is 17.8 Å². The summed E-state index contributed by atoms with van der Waals surface area (Å²) < 4.78 is 0. The Morgan fingerprint density at radius 1 is 0.387 bits per heavy atom. The molecule has 0 saturated heterocycles. The summed E-state index contributed by atoms with van der Waals surface area (Å²) in [6.45, 7) is 11.8. The van der Waals surface area contributed by atoms with Crippen molar-refractivity contribution < 1.29 is 0 Å². The molecule has 0 aliphatic carbocycles. The smallest absolute Gasteiger partial charge is 0.0414 e. The molecule has 0 radical (unpaired) electrons. The Bertz CT molecular complexity index is 318. The van der Waals surface area contributed by atoms with Crippen LogP contribution in [0.5, 0.6) is 0 Å². The fourth-order valence-corrected chi connectivity index (χ4v) is 5.42. The zero-order valence-corrected chi connectivity index (χ0v) is 23.0. The van der Waals surface area contributed by atoms with Crippen molar-refractivity contribution >= 4 is 0 Å². The van der Waals surface area contributed by atoms with Crippen molar-refractivity contribution in [3.8, 4) is 0 Å². The molecule has 0 aliphatic heterocycles. The minimum Gasteiger partial charge on any atom is -0.0654 e. The van der Waals surface area contributed by atoms with Crippen LogP contribution >= 0.6 is 0 Å². The second-order valence-electron chi connectivity index (χ2n) is 11.4. The molecular weight excluding hydrogens is 372 g/mol. The molecule has 2 atom stereocenters. The molecule has 2 unspecified atom stereocenters. The fraction of sp³-hybridized carbons (Fsp3) is 1.00. The van der Waals surface area contributed by atoms with Crippen LogP contribution in [0, 0.1) is 17.8 Å². The molecule has 0 amide bonds. The van der Waals surface area contributed by atoms with E-state index in [0.29, 0.717) is 0 Å². The van der Waals surface area contributed by atoms with Gasteiger partial charge in [-0.2, -0.15) is 0 Å². The molecule has 188 valence electrons. The standard InChI is InChI=1S/C31H64/c1-6-8-10-17-22-26-31(25-20-9-7-2)27-23-19-16-14-12-11-13-15-18-21-24-30(5)28-29(3)4/h29-31H,6-28H2,1-5H3. The van der Waals surface area contributed by atoms with Gasteiger partial charge in [0.15, 0.2) is 0 Å². The molecule has 0 rings (SSSR count). The largest absolute Gasteiger partial charge is 0.0654 e. The van der Waals surface area contributed by atoms with Crippen molar-refractivity contribution in [1.29, 1.82) is 0 Å². The summed E-state index contributed by atoms with van der Waals surface area (Å²) in [6.07, 6.45) is 33.8. The van der Waals surface area contributed by atoms with Crippen LogP contribution in [0.3, 0.4) is 0 Å². The summed E-state index contributed by atoms with van der Waals surface area (Å²) in [5, 5.41) is 0. The molecule has 31 heavy (non-hydrogen) atoms. The first-order valence-electron chi connectivity index (χ1n) is 15.1. The van der Waals surface area contributed by atoms with Crippen LogP contribution in [-0.4, -0.2) is 0 Å². The maximum absolute atomic E-state index is 2.45. The zero-order chi connectivity index (χ0) is 23.0. The van der Waals surface area contributed by atoms with Crippen molar-refractivity contribution in [3.63, 3.8) is 0 Å². The lowest BCUT2D eigenvalue weighted by Gasteiger charge is -2.17. The van der Waals surface area contributed by atoms with E-state index in [1.807, 2.05) is 0 Å². The molecule has 0 nitrogen and oxygen atoms in total. The quantitative estimate of drug-likeness (QED) is 0.125. The van der Waals surface area contributed by atoms with Crippen molar-refractivity contribution in [1.82, 2.24) is 0 Å². The Labute approximate surface area is 200 Å². The summed E-state index contributed by atoms with van der Waals surface area (Å²) in [5.74, 6) is 2.85. The first kappa shape index (κ1) is 31.0. The summed E-state index contributed by atoms with van der Waals surface area (Å²) in [5.41, 5.74) is 0. The van der Waals surface area contributed by atoms with E-state index in [1.54, 1.807) is 0 Å². The van der Waals surface area contributed by atoms with Crippen LogP contribution in [-0.2, 0) is 0 Å². The van der Waals surface area contributed by atoms with Crippen LogP contribution in [0.4, 0.5) is 0 Å². The highest BCUT2D eigenvalue weighted by molar-refractivity contribution is 4.62. The molecule has 0 aromatic heterocycles. The van der Waals surface area contributed by atoms with Gasteiger partial charge in [-0.3, -0.25) is 0 Å². The Hall–Kier alpha value is 0. The molecule has 0 heterocycles. The van der Waals surface area contributed by atoms with E-state index in [-0.39, 0.29) is 0 Å². The summed E-state index contributed by atoms with van der Waals surface area (Å²) in [6, 6.07) is 0. The van der Waals surface area contributed by atoms with Gasteiger partial charge in [-0.1, -0.05) is 176 Å². The van der Waals surface area contributed by atoms with Gasteiger partial charge in [0.25, 0.3) is 0 Å². The molecule has 0 heteroatoms. The van der Waals surface area contributed by atoms with Crippen LogP contribution in [0.15, 0.2) is 0 Å². The third-order valence-corrected chi connectivity index (χ3v) is 7.36. The van der Waals surface area contributed by atoms with Crippen molar-refractivity contribution in [2.75, 3.05) is 0 Å². The predicted octanol–water partition coefficient (Wildman–Crippen LogP) is 11.9. The maximum Gasteiger partial charge on any atom is -0.0414 e. The average Bonchev–Trinajstić information content (AvgIpc) is 2.73. The topological polar surface area (TPSA) is 0 Å². The monoisotopic (exact) mass is 437 g/mol. The molecule has 0 aliphatic rings. The minimum atomic E-state index is 0.873. The molecular formula is C31H64. The van der Waals surface area contributed by atoms with E-state index in [9.17, 15) is 0 Å². The van der Waals surface area contributed by atoms with Gasteiger partial charge in [0.2, 0.25) is 0 Å². The second kappa shape index (κ2) is 24.6. The number of hydrogen-bond donors (Lipinski definition) is 0. The van der Waals surface area contributed by atoms with Crippen LogP contribution in [0.25, 0.3) is 0 Å². The van der Waals surface area contributed by atoms with E-state index in [0.717, 1.165) is 17.8 Å². The molecule has 0 saturated carbocycles. The molecule has 0 fully saturated rings. The summed E-state index contributed by atoms with van der Waals surface area (Å²) in [4.78, 5) is 0. The molecule has 0 bridgehead atoms. The van der Waals surface area contributed by atoms with Gasteiger partial charge < -0.3 is 0 Å². The third kappa shape index (κ3) is 24.5. The van der Waals surface area contributed by atoms with Gasteiger partial charge in [-0.25, -0.2) is 0 Å². The van der Waals surface area contributed by atoms with Crippen LogP contribution in [0.2, 0.25) is 0 Å². The molecule has 0 aromatic rings. The first-order valence-corrected chi connectivity index (χ1v) is 15.1. The van der Waals surface area contributed by atoms with E-state index < -0.39 is 0 Å². The first-order chi connectivity index (χ1) is 15.1. The van der Waals surface area contributed by atoms with E-state index in [4.69, 9.17) is 0 Å². The van der Waals surface area contributed by atoms with Crippen molar-refractivity contribution in [2.45, 2.75) is 182 Å². The fourth-order valence-electron chi connectivity index (χ4n) is 5.42. The second-order valence-corrected chi connectivity index (χ2v) is 11.4. The number of rotatable bonds is 25. The third-order valence-electron chi connectivity index (χ3n) is 7.36. The van der Waals surface area contributed by atoms with Gasteiger partial charge in [-0.05, 0) is 24.2 Å². The maximum atomic E-state index is 2.45. The molecule has 0 aromatic carbocycles. The predicted molar refractivity (Wildman–Crippen MR) is 145 cm³/mol. The lowest BCUT2D eigenvalue weighted by Crippen LogP contribution is -2.01. The number of hydrogen-bond acceptors (Lipinski definition) is 0. The van der Waals surface area contributed by atoms with Gasteiger partial charge >= 0.3 is 0 Å². The van der Waals surface area contributed by atoms with Gasteiger partial charge in [-0.15, -0.1) is 0 Å². The minimum absolute atomic E-state index is 0.873. The van der Waals surface area contributed by atoms with E-state index in [1.165, 1.54) is 148 Å². The number of unbranched alkanes of at least 4 members (excludes halogenated alkanes) is 15. The highest BCUT2D eigenvalue weighted by Gasteiger charge is 2.08. The van der Waals surface area contributed by atoms with Crippen molar-refractivity contribution in [3.05, 3.63) is 0 Å². The average molecular weight is 437 g/mol. The lowest BCUT2D eigenvalue weighted by molar-refractivity contribution is 0.368. The normalized spacial score (nSPS) is 13.7. The highest BCUT2D eigenvalue weighted by Crippen LogP contribution is 2.24. The van der Waals surface area contributed by atoms with E-state index >= 15 is 0 Å². The van der Waals surface area contributed by atoms with Crippen LogP contribution < -0.4 is 0 Å². The van der Waals surface area contributed by atoms with E-state index in [2.05, 4.69) is 34.6 Å². The zero-order valence-electron chi connectivity index (χ0n) is 23.0. The Morgan fingerprint density at radius 3 is 1.13 bits per heavy atom. The van der Waals surface area contributed by atoms with Gasteiger partial charge in [0.05, 0.1) is 0 Å². The van der Waals surface area contributed by atoms with Gasteiger partial charge in [0, 0.05) is 0 Å². The highest BCUT2D eigenvalue weighted by atomic mass is 14.1. The van der Waals surface area contributed by atoms with Crippen LogP contribution in [0.1, 0.15) is 182 Å². The summed E-state index contributed by atoms with van der Waals surface area (Å²) >= 11 is 0. The Kier molecular flexibility index (Phi) is 24.6. The Morgan fingerprint density at radius 2 is 0.710 bits per heavy atom. The van der Waals surface area contributed by atoms with Gasteiger partial charge in [0.1, 0.15) is 0 Å². The molecule has 0 N–H and O–H groups in total. The molecule has 0 spiro atoms.